The van der Waals surface area contributed by atoms with Gasteiger partial charge in [-0.15, -0.1) is 0 Å². The fraction of sp³-hybridized carbons (Fsp3) is 0.647. The normalized spacial score (nSPS) is 21.6. The first-order valence-corrected chi connectivity index (χ1v) is 7.80. The average Bonchev–Trinajstić information content (AvgIpc) is 2.49. The number of hydrogen-bond acceptors (Lipinski definition) is 3. The van der Waals surface area contributed by atoms with E-state index in [9.17, 15) is 0 Å². The SMILES string of the molecule is CCCCCCOC1CCc2ccc(OC)cc2C1N. The number of rotatable bonds is 7. The Kier molecular flexibility index (Phi) is 5.86. The third kappa shape index (κ3) is 3.74. The molecule has 0 saturated heterocycles. The second kappa shape index (κ2) is 7.65. The molecule has 0 heterocycles. The minimum absolute atomic E-state index is 0.0278. The molecule has 2 N–H and O–H groups in total. The topological polar surface area (TPSA) is 44.5 Å². The van der Waals surface area contributed by atoms with E-state index in [-0.39, 0.29) is 12.1 Å². The number of methoxy groups -OCH3 is 1. The van der Waals surface area contributed by atoms with Crippen LogP contribution in [0.5, 0.6) is 5.75 Å². The number of ether oxygens (including phenoxy) is 2. The van der Waals surface area contributed by atoms with Crippen molar-refractivity contribution < 1.29 is 9.47 Å². The number of aryl methyl sites for hydroxylation is 1. The Morgan fingerprint density at radius 3 is 2.85 bits per heavy atom. The molecule has 0 amide bonds. The lowest BCUT2D eigenvalue weighted by molar-refractivity contribution is 0.0230. The average molecular weight is 277 g/mol. The van der Waals surface area contributed by atoms with Crippen molar-refractivity contribution in [1.82, 2.24) is 0 Å². The Hall–Kier alpha value is -1.06. The molecule has 0 spiro atoms. The summed E-state index contributed by atoms with van der Waals surface area (Å²) in [5.74, 6) is 0.878. The van der Waals surface area contributed by atoms with Crippen LogP contribution in [0.25, 0.3) is 0 Å². The molecule has 3 heteroatoms. The van der Waals surface area contributed by atoms with Crippen molar-refractivity contribution in [2.24, 2.45) is 5.73 Å². The minimum atomic E-state index is -0.0278. The summed E-state index contributed by atoms with van der Waals surface area (Å²) >= 11 is 0. The van der Waals surface area contributed by atoms with Crippen LogP contribution in [0.2, 0.25) is 0 Å². The Balaban J connectivity index is 1.91. The van der Waals surface area contributed by atoms with Gasteiger partial charge in [0.1, 0.15) is 5.75 Å². The van der Waals surface area contributed by atoms with Gasteiger partial charge in [-0.05, 0) is 42.5 Å². The summed E-state index contributed by atoms with van der Waals surface area (Å²) in [7, 11) is 1.69. The van der Waals surface area contributed by atoms with Crippen LogP contribution in [-0.4, -0.2) is 19.8 Å². The highest BCUT2D eigenvalue weighted by molar-refractivity contribution is 5.39. The van der Waals surface area contributed by atoms with Crippen molar-refractivity contribution in [3.05, 3.63) is 29.3 Å². The summed E-state index contributed by atoms with van der Waals surface area (Å²) in [5.41, 5.74) is 8.90. The lowest BCUT2D eigenvalue weighted by Gasteiger charge is -2.31. The molecule has 1 aromatic carbocycles. The summed E-state index contributed by atoms with van der Waals surface area (Å²) < 4.78 is 11.3. The Labute approximate surface area is 122 Å². The van der Waals surface area contributed by atoms with Gasteiger partial charge in [-0.3, -0.25) is 0 Å². The molecule has 2 unspecified atom stereocenters. The molecule has 0 radical (unpaired) electrons. The number of benzene rings is 1. The minimum Gasteiger partial charge on any atom is -0.497 e. The van der Waals surface area contributed by atoms with Gasteiger partial charge in [0, 0.05) is 6.61 Å². The first-order valence-electron chi connectivity index (χ1n) is 7.80. The second-order valence-corrected chi connectivity index (χ2v) is 5.60. The molecular weight excluding hydrogens is 250 g/mol. The van der Waals surface area contributed by atoms with Crippen molar-refractivity contribution in [3.8, 4) is 5.75 Å². The number of fused-ring (bicyclic) bond motifs is 1. The van der Waals surface area contributed by atoms with Crippen LogP contribution in [0.3, 0.4) is 0 Å². The lowest BCUT2D eigenvalue weighted by Crippen LogP contribution is -2.34. The first-order chi connectivity index (χ1) is 9.76. The molecular formula is C17H27NO2. The maximum atomic E-state index is 6.37. The molecule has 1 aromatic rings. The second-order valence-electron chi connectivity index (χ2n) is 5.60. The van der Waals surface area contributed by atoms with E-state index in [1.54, 1.807) is 7.11 Å². The highest BCUT2D eigenvalue weighted by Gasteiger charge is 2.27. The van der Waals surface area contributed by atoms with Gasteiger partial charge in [0.2, 0.25) is 0 Å². The van der Waals surface area contributed by atoms with Crippen LogP contribution in [0, 0.1) is 0 Å². The van der Waals surface area contributed by atoms with Gasteiger partial charge in [-0.1, -0.05) is 32.3 Å². The van der Waals surface area contributed by atoms with Gasteiger partial charge < -0.3 is 15.2 Å². The van der Waals surface area contributed by atoms with Crippen LogP contribution in [0.1, 0.15) is 56.2 Å². The van der Waals surface area contributed by atoms with Crippen molar-refractivity contribution >= 4 is 0 Å². The number of hydrogen-bond donors (Lipinski definition) is 1. The predicted octanol–water partition coefficient (Wildman–Crippen LogP) is 3.61. The van der Waals surface area contributed by atoms with Gasteiger partial charge in [-0.2, -0.15) is 0 Å². The fourth-order valence-electron chi connectivity index (χ4n) is 2.87. The van der Waals surface area contributed by atoms with Crippen molar-refractivity contribution in [1.29, 1.82) is 0 Å². The van der Waals surface area contributed by atoms with Gasteiger partial charge in [-0.25, -0.2) is 0 Å². The van der Waals surface area contributed by atoms with Crippen LogP contribution < -0.4 is 10.5 Å². The fourth-order valence-corrected chi connectivity index (χ4v) is 2.87. The molecule has 0 aliphatic heterocycles. The highest BCUT2D eigenvalue weighted by atomic mass is 16.5. The quantitative estimate of drug-likeness (QED) is 0.774. The molecule has 0 fully saturated rings. The van der Waals surface area contributed by atoms with Gasteiger partial charge in [0.05, 0.1) is 19.3 Å². The largest absolute Gasteiger partial charge is 0.497 e. The molecule has 3 nitrogen and oxygen atoms in total. The number of unbranched alkanes of at least 4 members (excludes halogenated alkanes) is 3. The molecule has 2 rings (SSSR count). The maximum absolute atomic E-state index is 6.37. The first kappa shape index (κ1) is 15.3. The van der Waals surface area contributed by atoms with E-state index in [0.717, 1.165) is 31.6 Å². The number of nitrogens with two attached hydrogens (primary N) is 1. The van der Waals surface area contributed by atoms with Crippen LogP contribution in [-0.2, 0) is 11.2 Å². The van der Waals surface area contributed by atoms with Crippen LogP contribution >= 0.6 is 0 Å². The molecule has 1 aliphatic rings. The van der Waals surface area contributed by atoms with Crippen LogP contribution in [0.4, 0.5) is 0 Å². The zero-order valence-electron chi connectivity index (χ0n) is 12.7. The maximum Gasteiger partial charge on any atom is 0.119 e. The zero-order valence-corrected chi connectivity index (χ0v) is 12.7. The van der Waals surface area contributed by atoms with Crippen molar-refractivity contribution in [2.45, 2.75) is 57.6 Å². The van der Waals surface area contributed by atoms with E-state index >= 15 is 0 Å². The zero-order chi connectivity index (χ0) is 14.4. The lowest BCUT2D eigenvalue weighted by atomic mass is 9.86. The summed E-state index contributed by atoms with van der Waals surface area (Å²) in [4.78, 5) is 0. The van der Waals surface area contributed by atoms with Crippen molar-refractivity contribution in [3.63, 3.8) is 0 Å². The van der Waals surface area contributed by atoms with Crippen molar-refractivity contribution in [2.75, 3.05) is 13.7 Å². The third-order valence-electron chi connectivity index (χ3n) is 4.14. The molecule has 2 atom stereocenters. The Morgan fingerprint density at radius 2 is 2.10 bits per heavy atom. The smallest absolute Gasteiger partial charge is 0.119 e. The molecule has 0 saturated carbocycles. The molecule has 0 aromatic heterocycles. The van der Waals surface area contributed by atoms with E-state index in [4.69, 9.17) is 15.2 Å². The Morgan fingerprint density at radius 1 is 1.25 bits per heavy atom. The monoisotopic (exact) mass is 277 g/mol. The summed E-state index contributed by atoms with van der Waals surface area (Å²) in [5, 5.41) is 0. The Bertz CT molecular complexity index is 419. The standard InChI is InChI=1S/C17H27NO2/c1-3-4-5-6-11-20-16-10-8-13-7-9-14(19-2)12-15(13)17(16)18/h7,9,12,16-17H,3-6,8,10-11,18H2,1-2H3. The summed E-state index contributed by atoms with van der Waals surface area (Å²) in [6.07, 6.45) is 7.17. The molecule has 0 bridgehead atoms. The van der Waals surface area contributed by atoms with E-state index in [2.05, 4.69) is 19.1 Å². The summed E-state index contributed by atoms with van der Waals surface area (Å²) in [6, 6.07) is 6.18. The van der Waals surface area contributed by atoms with E-state index < -0.39 is 0 Å². The van der Waals surface area contributed by atoms with Crippen LogP contribution in [0.15, 0.2) is 18.2 Å². The third-order valence-corrected chi connectivity index (χ3v) is 4.14. The van der Waals surface area contributed by atoms with E-state index in [1.807, 2.05) is 6.07 Å². The van der Waals surface area contributed by atoms with E-state index in [0.29, 0.717) is 0 Å². The van der Waals surface area contributed by atoms with Gasteiger partial charge in [0.15, 0.2) is 0 Å². The summed E-state index contributed by atoms with van der Waals surface area (Å²) in [6.45, 7) is 3.06. The highest BCUT2D eigenvalue weighted by Crippen LogP contribution is 2.32. The molecule has 112 valence electrons. The van der Waals surface area contributed by atoms with E-state index in [1.165, 1.54) is 30.4 Å². The van der Waals surface area contributed by atoms with Gasteiger partial charge >= 0.3 is 0 Å². The molecule has 20 heavy (non-hydrogen) atoms. The van der Waals surface area contributed by atoms with Gasteiger partial charge in [0.25, 0.3) is 0 Å². The molecule has 1 aliphatic carbocycles. The predicted molar refractivity (Wildman–Crippen MR) is 82.1 cm³/mol.